The first-order valence-corrected chi connectivity index (χ1v) is 11.2. The van der Waals surface area contributed by atoms with E-state index in [0.29, 0.717) is 30.1 Å². The van der Waals surface area contributed by atoms with Gasteiger partial charge in [-0.25, -0.2) is 0 Å². The molecule has 1 fully saturated rings. The highest BCUT2D eigenvalue weighted by molar-refractivity contribution is 6.02. The highest BCUT2D eigenvalue weighted by Gasteiger charge is 2.22. The van der Waals surface area contributed by atoms with Crippen molar-refractivity contribution in [1.82, 2.24) is 5.32 Å². The molecule has 5 heteroatoms. The van der Waals surface area contributed by atoms with E-state index in [9.17, 15) is 9.59 Å². The molecule has 2 aromatic rings. The Morgan fingerprint density at radius 1 is 1.03 bits per heavy atom. The van der Waals surface area contributed by atoms with Gasteiger partial charge in [-0.2, -0.15) is 0 Å². The molecule has 1 saturated heterocycles. The van der Waals surface area contributed by atoms with E-state index >= 15 is 0 Å². The van der Waals surface area contributed by atoms with E-state index in [4.69, 9.17) is 0 Å². The Morgan fingerprint density at radius 3 is 2.35 bits per heavy atom. The van der Waals surface area contributed by atoms with Crippen molar-refractivity contribution >= 4 is 23.2 Å². The van der Waals surface area contributed by atoms with Gasteiger partial charge >= 0.3 is 0 Å². The summed E-state index contributed by atoms with van der Waals surface area (Å²) >= 11 is 0. The normalized spacial score (nSPS) is 14.9. The van der Waals surface area contributed by atoms with E-state index < -0.39 is 0 Å². The van der Waals surface area contributed by atoms with E-state index in [1.54, 1.807) is 0 Å². The largest absolute Gasteiger partial charge is 0.371 e. The molecule has 1 heterocycles. The summed E-state index contributed by atoms with van der Waals surface area (Å²) in [6, 6.07) is 15.6. The highest BCUT2D eigenvalue weighted by Crippen LogP contribution is 2.29. The Morgan fingerprint density at radius 2 is 1.71 bits per heavy atom. The van der Waals surface area contributed by atoms with Crippen molar-refractivity contribution in [3.8, 4) is 0 Å². The van der Waals surface area contributed by atoms with Crippen molar-refractivity contribution in [3.05, 3.63) is 59.7 Å². The molecule has 1 aliphatic rings. The van der Waals surface area contributed by atoms with Gasteiger partial charge in [0, 0.05) is 37.4 Å². The van der Waals surface area contributed by atoms with Crippen molar-refractivity contribution in [2.45, 2.75) is 53.5 Å². The van der Waals surface area contributed by atoms with Crippen molar-refractivity contribution in [3.63, 3.8) is 0 Å². The average Bonchev–Trinajstić information content (AvgIpc) is 2.72. The summed E-state index contributed by atoms with van der Waals surface area (Å²) in [5.41, 5.74) is 3.17. The summed E-state index contributed by atoms with van der Waals surface area (Å²) in [6.07, 6.45) is 2.67. The molecule has 3 rings (SSSR count). The lowest BCUT2D eigenvalue weighted by Gasteiger charge is -2.33. The smallest absolute Gasteiger partial charge is 0.253 e. The molecule has 0 aliphatic carbocycles. The van der Waals surface area contributed by atoms with Gasteiger partial charge < -0.3 is 15.5 Å². The number of nitrogens with one attached hydrogen (secondary N) is 2. The zero-order valence-electron chi connectivity index (χ0n) is 19.2. The van der Waals surface area contributed by atoms with E-state index in [-0.39, 0.29) is 17.2 Å². The van der Waals surface area contributed by atoms with Gasteiger partial charge in [-0.05, 0) is 47.9 Å². The van der Waals surface area contributed by atoms with Crippen LogP contribution in [0.3, 0.4) is 0 Å². The summed E-state index contributed by atoms with van der Waals surface area (Å²) in [6.45, 7) is 10.7. The van der Waals surface area contributed by atoms with Gasteiger partial charge in [0.1, 0.15) is 0 Å². The Kier molecular flexibility index (Phi) is 7.37. The summed E-state index contributed by atoms with van der Waals surface area (Å²) in [5, 5.41) is 6.01. The SMILES string of the molecule is CC1CCN(c2ccc(NC(=O)CC(C)(C)C)cc2C(=O)NCc2ccccc2)CC1. The van der Waals surface area contributed by atoms with Crippen LogP contribution in [0.5, 0.6) is 0 Å². The van der Waals surface area contributed by atoms with Gasteiger partial charge in [-0.15, -0.1) is 0 Å². The van der Waals surface area contributed by atoms with Gasteiger partial charge in [0.2, 0.25) is 5.91 Å². The lowest BCUT2D eigenvalue weighted by molar-refractivity contribution is -0.117. The molecule has 1 aliphatic heterocycles. The lowest BCUT2D eigenvalue weighted by Crippen LogP contribution is -2.35. The molecule has 0 radical (unpaired) electrons. The lowest BCUT2D eigenvalue weighted by atomic mass is 9.92. The summed E-state index contributed by atoms with van der Waals surface area (Å²) in [5.74, 6) is 0.551. The molecule has 2 N–H and O–H groups in total. The fourth-order valence-electron chi connectivity index (χ4n) is 3.88. The number of hydrogen-bond acceptors (Lipinski definition) is 3. The number of anilines is 2. The Balaban J connectivity index is 1.80. The average molecular weight is 422 g/mol. The zero-order valence-corrected chi connectivity index (χ0v) is 19.2. The minimum absolute atomic E-state index is 0.0392. The van der Waals surface area contributed by atoms with Gasteiger partial charge in [-0.1, -0.05) is 58.0 Å². The maximum atomic E-state index is 13.2. The number of rotatable bonds is 6. The van der Waals surface area contributed by atoms with Gasteiger partial charge in [0.25, 0.3) is 5.91 Å². The molecule has 0 aromatic heterocycles. The quantitative estimate of drug-likeness (QED) is 0.672. The minimum atomic E-state index is -0.121. The van der Waals surface area contributed by atoms with E-state index in [1.807, 2.05) is 69.3 Å². The summed E-state index contributed by atoms with van der Waals surface area (Å²) < 4.78 is 0. The topological polar surface area (TPSA) is 61.4 Å². The molecular formula is C26H35N3O2. The third-order valence-electron chi connectivity index (χ3n) is 5.64. The van der Waals surface area contributed by atoms with Crippen molar-refractivity contribution < 1.29 is 9.59 Å². The second-order valence-electron chi connectivity index (χ2n) is 9.86. The third kappa shape index (κ3) is 6.84. The summed E-state index contributed by atoms with van der Waals surface area (Å²) in [4.78, 5) is 27.9. The van der Waals surface area contributed by atoms with Crippen LogP contribution in [0.1, 0.15) is 62.9 Å². The maximum absolute atomic E-state index is 13.2. The van der Waals surface area contributed by atoms with Crippen LogP contribution < -0.4 is 15.5 Å². The first kappa shape index (κ1) is 22.9. The molecule has 0 bridgehead atoms. The molecular weight excluding hydrogens is 386 g/mol. The fourth-order valence-corrected chi connectivity index (χ4v) is 3.88. The van der Waals surface area contributed by atoms with Crippen LogP contribution in [-0.4, -0.2) is 24.9 Å². The van der Waals surface area contributed by atoms with Crippen LogP contribution in [0, 0.1) is 11.3 Å². The number of piperidine rings is 1. The second-order valence-corrected chi connectivity index (χ2v) is 9.86. The van der Waals surface area contributed by atoms with Crippen LogP contribution in [0.15, 0.2) is 48.5 Å². The number of carbonyl (C=O) groups excluding carboxylic acids is 2. The second kappa shape index (κ2) is 9.99. The molecule has 0 unspecified atom stereocenters. The predicted molar refractivity (Wildman–Crippen MR) is 127 cm³/mol. The number of benzene rings is 2. The van der Waals surface area contributed by atoms with Crippen LogP contribution in [0.4, 0.5) is 11.4 Å². The fraction of sp³-hybridized carbons (Fsp3) is 0.462. The van der Waals surface area contributed by atoms with Crippen LogP contribution in [0.2, 0.25) is 0 Å². The summed E-state index contributed by atoms with van der Waals surface area (Å²) in [7, 11) is 0. The number of carbonyl (C=O) groups is 2. The van der Waals surface area contributed by atoms with E-state index in [0.717, 1.165) is 37.2 Å². The molecule has 0 atom stereocenters. The Bertz CT molecular complexity index is 895. The van der Waals surface area contributed by atoms with Gasteiger partial charge in [0.05, 0.1) is 5.56 Å². The Labute approximate surface area is 186 Å². The van der Waals surface area contributed by atoms with Crippen LogP contribution in [0.25, 0.3) is 0 Å². The molecule has 5 nitrogen and oxygen atoms in total. The van der Waals surface area contributed by atoms with Crippen molar-refractivity contribution in [1.29, 1.82) is 0 Å². The monoisotopic (exact) mass is 421 g/mol. The molecule has 0 spiro atoms. The van der Waals surface area contributed by atoms with E-state index in [1.165, 1.54) is 0 Å². The molecule has 2 aromatic carbocycles. The van der Waals surface area contributed by atoms with Crippen LogP contribution in [-0.2, 0) is 11.3 Å². The van der Waals surface area contributed by atoms with Crippen LogP contribution >= 0.6 is 0 Å². The predicted octanol–water partition coefficient (Wildman–Crippen LogP) is 5.23. The third-order valence-corrected chi connectivity index (χ3v) is 5.64. The van der Waals surface area contributed by atoms with Gasteiger partial charge in [0.15, 0.2) is 0 Å². The minimum Gasteiger partial charge on any atom is -0.371 e. The van der Waals surface area contributed by atoms with Crippen molar-refractivity contribution in [2.75, 3.05) is 23.3 Å². The number of hydrogen-bond donors (Lipinski definition) is 2. The highest BCUT2D eigenvalue weighted by atomic mass is 16.2. The number of amides is 2. The zero-order chi connectivity index (χ0) is 22.4. The molecule has 166 valence electrons. The first-order chi connectivity index (χ1) is 14.7. The standard InChI is InChI=1S/C26H35N3O2/c1-19-12-14-29(15-13-19)23-11-10-21(28-24(30)17-26(2,3)4)16-22(23)25(31)27-18-20-8-6-5-7-9-20/h5-11,16,19H,12-15,17-18H2,1-4H3,(H,27,31)(H,28,30). The Hall–Kier alpha value is -2.82. The molecule has 0 saturated carbocycles. The molecule has 2 amide bonds. The van der Waals surface area contributed by atoms with Crippen molar-refractivity contribution in [2.24, 2.45) is 11.3 Å². The van der Waals surface area contributed by atoms with E-state index in [2.05, 4.69) is 22.5 Å². The maximum Gasteiger partial charge on any atom is 0.253 e. The number of nitrogens with zero attached hydrogens (tertiary/aromatic N) is 1. The van der Waals surface area contributed by atoms with Gasteiger partial charge in [-0.3, -0.25) is 9.59 Å². The molecule has 31 heavy (non-hydrogen) atoms. The first-order valence-electron chi connectivity index (χ1n) is 11.2.